The number of hydrogen-bond acceptors (Lipinski definition) is 5. The van der Waals surface area contributed by atoms with E-state index in [0.717, 1.165) is 39.1 Å². The largest absolute Gasteiger partial charge is 0.488 e. The standard InChI is InChI=1S/C33H37N3O3/c1-20-14-26(33(37)36(6)7)8-10-28(20)21(2)15-30-24(5)29(12-13-35-30)25-9-11-31(27(16-25)17-34)39-32-22(3)18-38-19-23(32)4/h8-16,22-23,32H,18-19H2,1-7H3/b21-15+/t22-,23?,32?/m1/s1. The van der Waals surface area contributed by atoms with E-state index in [0.29, 0.717) is 30.1 Å². The zero-order valence-corrected chi connectivity index (χ0v) is 23.9. The topological polar surface area (TPSA) is 75.5 Å². The van der Waals surface area contributed by atoms with Gasteiger partial charge in [0.25, 0.3) is 5.91 Å². The summed E-state index contributed by atoms with van der Waals surface area (Å²) in [5, 5.41) is 9.93. The Labute approximate surface area is 231 Å². The lowest BCUT2D eigenvalue weighted by Gasteiger charge is -2.34. The maximum Gasteiger partial charge on any atom is 0.253 e. The Kier molecular flexibility index (Phi) is 8.52. The number of benzene rings is 2. The third-order valence-electron chi connectivity index (χ3n) is 7.46. The molecule has 0 spiro atoms. The van der Waals surface area contributed by atoms with Crippen molar-refractivity contribution in [3.05, 3.63) is 82.2 Å². The third kappa shape index (κ3) is 6.05. The van der Waals surface area contributed by atoms with Gasteiger partial charge < -0.3 is 14.4 Å². The summed E-state index contributed by atoms with van der Waals surface area (Å²) in [7, 11) is 3.51. The molecule has 2 unspecified atom stereocenters. The number of nitrogens with zero attached hydrogens (tertiary/aromatic N) is 3. The van der Waals surface area contributed by atoms with Gasteiger partial charge in [0.1, 0.15) is 17.9 Å². The highest BCUT2D eigenvalue weighted by atomic mass is 16.5. The van der Waals surface area contributed by atoms with E-state index in [-0.39, 0.29) is 23.8 Å². The molecule has 0 N–H and O–H groups in total. The SMILES string of the molecule is C/C(=C\c1nccc(-c2ccc(OC3C(C)COC[C@H]3C)c(C#N)c2)c1C)c1ccc(C(=O)N(C)C)cc1C. The second-order valence-electron chi connectivity index (χ2n) is 10.8. The van der Waals surface area contributed by atoms with Crippen LogP contribution in [0.15, 0.2) is 48.7 Å². The first kappa shape index (κ1) is 28.1. The number of carbonyl (C=O) groups is 1. The zero-order chi connectivity index (χ0) is 28.3. The molecule has 2 aromatic carbocycles. The van der Waals surface area contributed by atoms with Crippen molar-refractivity contribution in [2.75, 3.05) is 27.3 Å². The second-order valence-corrected chi connectivity index (χ2v) is 10.8. The van der Waals surface area contributed by atoms with Crippen molar-refractivity contribution >= 4 is 17.6 Å². The van der Waals surface area contributed by atoms with E-state index in [2.05, 4.69) is 44.8 Å². The summed E-state index contributed by atoms with van der Waals surface area (Å²) < 4.78 is 12.0. The fraction of sp³-hybridized carbons (Fsp3) is 0.364. The number of ether oxygens (including phenoxy) is 2. The van der Waals surface area contributed by atoms with Crippen molar-refractivity contribution in [1.82, 2.24) is 9.88 Å². The van der Waals surface area contributed by atoms with Gasteiger partial charge in [-0.25, -0.2) is 0 Å². The molecule has 202 valence electrons. The fourth-order valence-electron chi connectivity index (χ4n) is 5.25. The number of allylic oxidation sites excluding steroid dienone is 1. The molecule has 6 nitrogen and oxygen atoms in total. The molecule has 2 heterocycles. The predicted molar refractivity (Wildman–Crippen MR) is 155 cm³/mol. The summed E-state index contributed by atoms with van der Waals surface area (Å²) in [6.45, 7) is 11.7. The summed E-state index contributed by atoms with van der Waals surface area (Å²) in [5.74, 6) is 1.12. The number of aryl methyl sites for hydroxylation is 1. The molecule has 1 saturated heterocycles. The molecule has 3 aromatic rings. The van der Waals surface area contributed by atoms with E-state index in [1.54, 1.807) is 25.2 Å². The van der Waals surface area contributed by atoms with E-state index in [1.165, 1.54) is 0 Å². The van der Waals surface area contributed by atoms with E-state index in [1.807, 2.05) is 49.4 Å². The molecule has 1 aliphatic rings. The van der Waals surface area contributed by atoms with E-state index in [4.69, 9.17) is 9.47 Å². The molecule has 1 aromatic heterocycles. The van der Waals surface area contributed by atoms with Gasteiger partial charge in [0, 0.05) is 37.7 Å². The first-order chi connectivity index (χ1) is 18.6. The van der Waals surface area contributed by atoms with Crippen LogP contribution >= 0.6 is 0 Å². The Morgan fingerprint density at radius 3 is 2.46 bits per heavy atom. The fourth-order valence-corrected chi connectivity index (χ4v) is 5.25. The predicted octanol–water partition coefficient (Wildman–Crippen LogP) is 6.55. The highest BCUT2D eigenvalue weighted by Gasteiger charge is 2.31. The van der Waals surface area contributed by atoms with Gasteiger partial charge in [-0.3, -0.25) is 9.78 Å². The van der Waals surface area contributed by atoms with Crippen LogP contribution in [0.4, 0.5) is 0 Å². The van der Waals surface area contributed by atoms with Crippen molar-refractivity contribution in [2.24, 2.45) is 11.8 Å². The van der Waals surface area contributed by atoms with Crippen LogP contribution in [0.3, 0.4) is 0 Å². The van der Waals surface area contributed by atoms with Gasteiger partial charge in [-0.1, -0.05) is 26.0 Å². The summed E-state index contributed by atoms with van der Waals surface area (Å²) in [5.41, 5.74) is 8.21. The molecule has 6 heteroatoms. The van der Waals surface area contributed by atoms with Gasteiger partial charge in [0.2, 0.25) is 0 Å². The molecule has 1 aliphatic heterocycles. The molecule has 0 bridgehead atoms. The second kappa shape index (κ2) is 11.8. The van der Waals surface area contributed by atoms with Crippen molar-refractivity contribution in [3.8, 4) is 22.9 Å². The molecule has 0 aliphatic carbocycles. The Hall–Kier alpha value is -3.95. The summed E-state index contributed by atoms with van der Waals surface area (Å²) in [6.07, 6.45) is 3.89. The van der Waals surface area contributed by atoms with Crippen LogP contribution in [0.5, 0.6) is 5.75 Å². The smallest absolute Gasteiger partial charge is 0.253 e. The van der Waals surface area contributed by atoms with Gasteiger partial charge >= 0.3 is 0 Å². The molecule has 1 fully saturated rings. The van der Waals surface area contributed by atoms with E-state index < -0.39 is 0 Å². The minimum Gasteiger partial charge on any atom is -0.488 e. The molecule has 39 heavy (non-hydrogen) atoms. The maximum absolute atomic E-state index is 12.3. The number of hydrogen-bond donors (Lipinski definition) is 0. The minimum atomic E-state index is -0.0126. The van der Waals surface area contributed by atoms with Crippen molar-refractivity contribution < 1.29 is 14.3 Å². The van der Waals surface area contributed by atoms with Crippen LogP contribution in [0.2, 0.25) is 0 Å². The Bertz CT molecular complexity index is 1440. The Balaban J connectivity index is 1.63. The van der Waals surface area contributed by atoms with Crippen LogP contribution in [0.1, 0.15) is 59.1 Å². The molecular formula is C33H37N3O3. The number of amides is 1. The van der Waals surface area contributed by atoms with Crippen LogP contribution < -0.4 is 4.74 Å². The number of carbonyl (C=O) groups excluding carboxylic acids is 1. The molecule has 1 amide bonds. The van der Waals surface area contributed by atoms with Gasteiger partial charge in [0.15, 0.2) is 0 Å². The van der Waals surface area contributed by atoms with Gasteiger partial charge in [-0.05, 0) is 90.6 Å². The average Bonchev–Trinajstić information content (AvgIpc) is 2.91. The lowest BCUT2D eigenvalue weighted by molar-refractivity contribution is -0.0551. The van der Waals surface area contributed by atoms with Crippen LogP contribution in [-0.4, -0.2) is 49.2 Å². The number of nitriles is 1. The highest BCUT2D eigenvalue weighted by molar-refractivity contribution is 5.95. The zero-order valence-electron chi connectivity index (χ0n) is 23.9. The first-order valence-corrected chi connectivity index (χ1v) is 13.4. The summed E-state index contributed by atoms with van der Waals surface area (Å²) in [6, 6.07) is 15.9. The number of pyridine rings is 1. The first-order valence-electron chi connectivity index (χ1n) is 13.4. The molecular weight excluding hydrogens is 486 g/mol. The lowest BCUT2D eigenvalue weighted by atomic mass is 9.91. The molecule has 0 saturated carbocycles. The van der Waals surface area contributed by atoms with Crippen molar-refractivity contribution in [3.63, 3.8) is 0 Å². The van der Waals surface area contributed by atoms with Crippen LogP contribution in [0, 0.1) is 37.0 Å². The minimum absolute atomic E-state index is 0.0117. The third-order valence-corrected chi connectivity index (χ3v) is 7.46. The van der Waals surface area contributed by atoms with Gasteiger partial charge in [0.05, 0.1) is 24.5 Å². The van der Waals surface area contributed by atoms with Crippen molar-refractivity contribution in [2.45, 2.75) is 40.7 Å². The summed E-state index contributed by atoms with van der Waals surface area (Å²) in [4.78, 5) is 18.6. The van der Waals surface area contributed by atoms with Gasteiger partial charge in [-0.2, -0.15) is 5.26 Å². The van der Waals surface area contributed by atoms with E-state index >= 15 is 0 Å². The summed E-state index contributed by atoms with van der Waals surface area (Å²) >= 11 is 0. The average molecular weight is 524 g/mol. The lowest BCUT2D eigenvalue weighted by Crippen LogP contribution is -2.41. The van der Waals surface area contributed by atoms with Gasteiger partial charge in [-0.15, -0.1) is 0 Å². The highest BCUT2D eigenvalue weighted by Crippen LogP contribution is 2.33. The molecule has 3 atom stereocenters. The Morgan fingerprint density at radius 1 is 1.10 bits per heavy atom. The van der Waals surface area contributed by atoms with Crippen LogP contribution in [0.25, 0.3) is 22.8 Å². The molecule has 4 rings (SSSR count). The Morgan fingerprint density at radius 2 is 1.82 bits per heavy atom. The van der Waals surface area contributed by atoms with Crippen LogP contribution in [-0.2, 0) is 4.74 Å². The van der Waals surface area contributed by atoms with Crippen molar-refractivity contribution in [1.29, 1.82) is 5.26 Å². The monoisotopic (exact) mass is 523 g/mol. The number of aromatic nitrogens is 1. The van der Waals surface area contributed by atoms with E-state index in [9.17, 15) is 10.1 Å². The molecule has 0 radical (unpaired) electrons. The maximum atomic E-state index is 12.3. The normalized spacial score (nSPS) is 19.3. The quantitative estimate of drug-likeness (QED) is 0.366. The number of rotatable bonds is 6.